The number of fused-ring (bicyclic) bond motifs is 2. The summed E-state index contributed by atoms with van der Waals surface area (Å²) in [7, 11) is -5.85. The lowest BCUT2D eigenvalue weighted by atomic mass is 9.84. The number of benzene rings is 2. The monoisotopic (exact) mass is 448 g/mol. The van der Waals surface area contributed by atoms with Gasteiger partial charge in [-0.3, -0.25) is 0 Å². The highest BCUT2D eigenvalue weighted by Crippen LogP contribution is 2.46. The highest BCUT2D eigenvalue weighted by atomic mass is 32.2. The van der Waals surface area contributed by atoms with Gasteiger partial charge >= 0.3 is 5.51 Å². The zero-order valence-corrected chi connectivity index (χ0v) is 15.9. The van der Waals surface area contributed by atoms with Crippen LogP contribution in [0.15, 0.2) is 35.2 Å². The molecule has 0 unspecified atom stereocenters. The van der Waals surface area contributed by atoms with Crippen molar-refractivity contribution in [1.29, 1.82) is 0 Å². The average molecular weight is 448 g/mol. The zero-order chi connectivity index (χ0) is 22.0. The number of alkyl halides is 4. The van der Waals surface area contributed by atoms with E-state index in [4.69, 9.17) is 0 Å². The van der Waals surface area contributed by atoms with E-state index in [2.05, 4.69) is 0 Å². The third-order valence-electron chi connectivity index (χ3n) is 5.41. The molecule has 30 heavy (non-hydrogen) atoms. The highest BCUT2D eigenvalue weighted by molar-refractivity contribution is 7.92. The first-order valence-corrected chi connectivity index (χ1v) is 10.4. The first-order chi connectivity index (χ1) is 13.9. The van der Waals surface area contributed by atoms with Gasteiger partial charge in [0.1, 0.15) is 23.9 Å². The van der Waals surface area contributed by atoms with Crippen LogP contribution < -0.4 is 0 Å². The van der Waals surface area contributed by atoms with Crippen LogP contribution in [0, 0.1) is 11.6 Å². The Morgan fingerprint density at radius 2 is 1.80 bits per heavy atom. The predicted octanol–water partition coefficient (Wildman–Crippen LogP) is 4.56. The van der Waals surface area contributed by atoms with Gasteiger partial charge in [-0.1, -0.05) is 12.1 Å². The zero-order valence-electron chi connectivity index (χ0n) is 15.1. The molecule has 0 heterocycles. The van der Waals surface area contributed by atoms with Crippen molar-refractivity contribution >= 4 is 15.4 Å². The first-order valence-electron chi connectivity index (χ1n) is 8.91. The molecule has 10 heteroatoms. The van der Waals surface area contributed by atoms with Crippen molar-refractivity contribution in [2.75, 3.05) is 0 Å². The van der Waals surface area contributed by atoms with E-state index in [1.54, 1.807) is 6.08 Å². The van der Waals surface area contributed by atoms with Crippen LogP contribution in [0.25, 0.3) is 5.57 Å². The van der Waals surface area contributed by atoms with Gasteiger partial charge in [0.25, 0.3) is 9.84 Å². The summed E-state index contributed by atoms with van der Waals surface area (Å²) < 4.78 is 106. The number of aryl methyl sites for hydroxylation is 1. The molecule has 2 aromatic rings. The molecular formula is C20H14F6O3S. The van der Waals surface area contributed by atoms with E-state index in [9.17, 15) is 39.9 Å². The van der Waals surface area contributed by atoms with Crippen molar-refractivity contribution in [2.24, 2.45) is 0 Å². The summed E-state index contributed by atoms with van der Waals surface area (Å²) in [6.45, 7) is 0. The number of sulfone groups is 1. The number of aliphatic hydroxyl groups excluding tert-OH is 1. The van der Waals surface area contributed by atoms with Crippen molar-refractivity contribution in [1.82, 2.24) is 0 Å². The standard InChI is InChI=1S/C20H14F6O3S/c21-10-6-9-2-1-3-12(17(9)14(22)7-10)11-4-5-16(30(28,29)20(24,25)26)18-13(11)8-15(23)19(18)27/h3-7,15,19,27H,1-2,8H2/t15-,19-/m1/s1. The molecule has 0 aromatic heterocycles. The van der Waals surface area contributed by atoms with Gasteiger partial charge in [-0.15, -0.1) is 0 Å². The van der Waals surface area contributed by atoms with Crippen molar-refractivity contribution in [3.8, 4) is 0 Å². The molecule has 0 saturated heterocycles. The number of rotatable bonds is 2. The molecule has 0 spiro atoms. The van der Waals surface area contributed by atoms with Crippen molar-refractivity contribution in [3.05, 3.63) is 69.8 Å². The molecule has 2 atom stereocenters. The van der Waals surface area contributed by atoms with Gasteiger partial charge in [-0.25, -0.2) is 21.6 Å². The van der Waals surface area contributed by atoms with Crippen LogP contribution in [0.3, 0.4) is 0 Å². The summed E-state index contributed by atoms with van der Waals surface area (Å²) >= 11 is 0. The predicted molar refractivity (Wildman–Crippen MR) is 95.0 cm³/mol. The van der Waals surface area contributed by atoms with Gasteiger partial charge in [0.05, 0.1) is 4.90 Å². The first kappa shape index (κ1) is 20.9. The van der Waals surface area contributed by atoms with Crippen molar-refractivity contribution in [2.45, 2.75) is 41.9 Å². The van der Waals surface area contributed by atoms with E-state index in [1.807, 2.05) is 0 Å². The van der Waals surface area contributed by atoms with E-state index in [0.29, 0.717) is 30.5 Å². The molecule has 0 bridgehead atoms. The van der Waals surface area contributed by atoms with Crippen LogP contribution in [-0.4, -0.2) is 25.2 Å². The smallest absolute Gasteiger partial charge is 0.385 e. The maximum Gasteiger partial charge on any atom is 0.501 e. The highest BCUT2D eigenvalue weighted by Gasteiger charge is 2.50. The largest absolute Gasteiger partial charge is 0.501 e. The molecule has 0 aliphatic heterocycles. The minimum absolute atomic E-state index is 0.0214. The van der Waals surface area contributed by atoms with E-state index < -0.39 is 56.1 Å². The molecule has 3 nitrogen and oxygen atoms in total. The summed E-state index contributed by atoms with van der Waals surface area (Å²) in [6.07, 6.45) is -2.37. The Bertz CT molecular complexity index is 1180. The van der Waals surface area contributed by atoms with Gasteiger partial charge in [0.2, 0.25) is 0 Å². The summed E-state index contributed by atoms with van der Waals surface area (Å²) in [4.78, 5) is -1.22. The number of allylic oxidation sites excluding steroid dienone is 1. The SMILES string of the molecule is O=S(=O)(c1ccc(C2=CCCc3cc(F)cc(F)c32)c2c1[C@H](O)[C@H](F)C2)C(F)(F)F. The molecule has 2 aliphatic carbocycles. The fourth-order valence-electron chi connectivity index (χ4n) is 4.13. The fraction of sp³-hybridized carbons (Fsp3) is 0.300. The molecule has 1 N–H and O–H groups in total. The number of aliphatic hydroxyl groups is 1. The van der Waals surface area contributed by atoms with Gasteiger partial charge < -0.3 is 5.11 Å². The van der Waals surface area contributed by atoms with Gasteiger partial charge in [0, 0.05) is 23.6 Å². The number of hydrogen-bond donors (Lipinski definition) is 1. The fourth-order valence-corrected chi connectivity index (χ4v) is 5.16. The second kappa shape index (κ2) is 6.84. The number of halogens is 6. The Balaban J connectivity index is 1.98. The lowest BCUT2D eigenvalue weighted by Gasteiger charge is -2.22. The summed E-state index contributed by atoms with van der Waals surface area (Å²) in [5.41, 5.74) is -5.79. The molecule has 2 aliphatic rings. The number of hydrogen-bond acceptors (Lipinski definition) is 3. The van der Waals surface area contributed by atoms with Crippen LogP contribution in [-0.2, 0) is 22.7 Å². The molecule has 2 aromatic carbocycles. The van der Waals surface area contributed by atoms with Gasteiger partial charge in [-0.2, -0.15) is 13.2 Å². The molecule has 4 rings (SSSR count). The molecule has 0 radical (unpaired) electrons. The normalized spacial score (nSPS) is 21.2. The Kier molecular flexibility index (Phi) is 4.77. The minimum Gasteiger partial charge on any atom is -0.385 e. The summed E-state index contributed by atoms with van der Waals surface area (Å²) in [5.74, 6) is -1.68. The molecule has 0 fully saturated rings. The Morgan fingerprint density at radius 3 is 2.47 bits per heavy atom. The minimum atomic E-state index is -5.85. The quantitative estimate of drug-likeness (QED) is 0.686. The van der Waals surface area contributed by atoms with Gasteiger partial charge in [0.15, 0.2) is 0 Å². The van der Waals surface area contributed by atoms with Crippen molar-refractivity contribution < 1.29 is 39.9 Å². The van der Waals surface area contributed by atoms with E-state index >= 15 is 0 Å². The van der Waals surface area contributed by atoms with Crippen LogP contribution >= 0.6 is 0 Å². The third kappa shape index (κ3) is 3.04. The van der Waals surface area contributed by atoms with E-state index in [0.717, 1.165) is 12.1 Å². The van der Waals surface area contributed by atoms with Crippen LogP contribution in [0.1, 0.15) is 40.3 Å². The maximum atomic E-state index is 14.5. The Morgan fingerprint density at radius 1 is 1.10 bits per heavy atom. The summed E-state index contributed by atoms with van der Waals surface area (Å²) in [5, 5.41) is 10.1. The third-order valence-corrected chi connectivity index (χ3v) is 6.95. The lowest BCUT2D eigenvalue weighted by molar-refractivity contribution is -0.0437. The topological polar surface area (TPSA) is 54.4 Å². The maximum absolute atomic E-state index is 14.5. The van der Waals surface area contributed by atoms with E-state index in [-0.39, 0.29) is 22.3 Å². The molecular weight excluding hydrogens is 434 g/mol. The van der Waals surface area contributed by atoms with Crippen LogP contribution in [0.4, 0.5) is 26.3 Å². The Hall–Kier alpha value is -2.33. The van der Waals surface area contributed by atoms with Crippen LogP contribution in [0.2, 0.25) is 0 Å². The van der Waals surface area contributed by atoms with Gasteiger partial charge in [-0.05, 0) is 47.2 Å². The Labute approximate surface area is 167 Å². The molecule has 160 valence electrons. The molecule has 0 saturated carbocycles. The van der Waals surface area contributed by atoms with Crippen molar-refractivity contribution in [3.63, 3.8) is 0 Å². The lowest BCUT2D eigenvalue weighted by Crippen LogP contribution is -2.25. The average Bonchev–Trinajstić information content (AvgIpc) is 2.94. The molecule has 0 amide bonds. The summed E-state index contributed by atoms with van der Waals surface area (Å²) in [6, 6.07) is 3.50. The van der Waals surface area contributed by atoms with Crippen LogP contribution in [0.5, 0.6) is 0 Å². The van der Waals surface area contributed by atoms with E-state index in [1.165, 1.54) is 0 Å². The second-order valence-corrected chi connectivity index (χ2v) is 9.11. The second-order valence-electron chi connectivity index (χ2n) is 7.20.